The lowest BCUT2D eigenvalue weighted by Crippen LogP contribution is -2.52. The molecule has 1 saturated heterocycles. The molecule has 1 amide bonds. The number of carbonyl (C=O) groups excluding carboxylic acids is 1. The Balaban J connectivity index is 1.33. The number of carbonyl (C=O) groups is 1. The normalized spacial score (nSPS) is 15.3. The first-order chi connectivity index (χ1) is 15.5. The summed E-state index contributed by atoms with van der Waals surface area (Å²) in [4.78, 5) is 18.0. The van der Waals surface area contributed by atoms with Crippen LogP contribution in [0.15, 0.2) is 70.7 Å². The molecule has 32 heavy (non-hydrogen) atoms. The summed E-state index contributed by atoms with van der Waals surface area (Å²) in [7, 11) is -3.40. The lowest BCUT2D eigenvalue weighted by molar-refractivity contribution is -0.133. The minimum atomic E-state index is -3.40. The van der Waals surface area contributed by atoms with Gasteiger partial charge < -0.3 is 9.32 Å². The molecular weight excluding hydrogens is 446 g/mol. The summed E-state index contributed by atoms with van der Waals surface area (Å²) < 4.78 is 32.5. The Morgan fingerprint density at radius 3 is 2.41 bits per heavy atom. The number of piperazine rings is 1. The van der Waals surface area contributed by atoms with Crippen molar-refractivity contribution in [2.75, 3.05) is 32.7 Å². The van der Waals surface area contributed by atoms with Crippen LogP contribution in [0.4, 0.5) is 0 Å². The highest BCUT2D eigenvalue weighted by Crippen LogP contribution is 2.17. The van der Waals surface area contributed by atoms with Gasteiger partial charge in [-0.3, -0.25) is 9.69 Å². The minimum Gasteiger partial charge on any atom is -0.468 e. The van der Waals surface area contributed by atoms with Gasteiger partial charge >= 0.3 is 0 Å². The van der Waals surface area contributed by atoms with Crippen LogP contribution >= 0.6 is 11.3 Å². The van der Waals surface area contributed by atoms with Crippen molar-refractivity contribution in [1.82, 2.24) is 14.1 Å². The first-order valence-electron chi connectivity index (χ1n) is 10.6. The highest BCUT2D eigenvalue weighted by atomic mass is 32.2. The summed E-state index contributed by atoms with van der Waals surface area (Å²) in [6.07, 6.45) is 1.63. The number of hydrogen-bond donors (Lipinski definition) is 0. The fourth-order valence-electron chi connectivity index (χ4n) is 3.80. The van der Waals surface area contributed by atoms with Crippen LogP contribution in [0.1, 0.15) is 16.2 Å². The average molecular weight is 474 g/mol. The van der Waals surface area contributed by atoms with Gasteiger partial charge in [0.2, 0.25) is 15.9 Å². The molecule has 0 spiro atoms. The van der Waals surface area contributed by atoms with Crippen LogP contribution < -0.4 is 0 Å². The zero-order valence-corrected chi connectivity index (χ0v) is 19.4. The molecule has 0 atom stereocenters. The lowest BCUT2D eigenvalue weighted by atomic mass is 10.2. The van der Waals surface area contributed by atoms with Gasteiger partial charge in [-0.25, -0.2) is 8.42 Å². The van der Waals surface area contributed by atoms with Crippen molar-refractivity contribution in [1.29, 1.82) is 0 Å². The maximum Gasteiger partial charge on any atom is 0.236 e. The van der Waals surface area contributed by atoms with Crippen molar-refractivity contribution < 1.29 is 17.6 Å². The second kappa shape index (κ2) is 10.4. The molecule has 1 aromatic carbocycles. The quantitative estimate of drug-likeness (QED) is 0.478. The fraction of sp³-hybridized carbons (Fsp3) is 0.348. The van der Waals surface area contributed by atoms with E-state index in [0.717, 1.165) is 11.3 Å². The zero-order valence-electron chi connectivity index (χ0n) is 17.8. The van der Waals surface area contributed by atoms with Gasteiger partial charge in [-0.2, -0.15) is 4.31 Å². The molecule has 7 nitrogen and oxygen atoms in total. The zero-order chi connectivity index (χ0) is 22.4. The van der Waals surface area contributed by atoms with Crippen LogP contribution in [0.5, 0.6) is 0 Å². The summed E-state index contributed by atoms with van der Waals surface area (Å²) >= 11 is 1.66. The molecule has 0 unspecified atom stereocenters. The molecule has 1 aliphatic heterocycles. The van der Waals surface area contributed by atoms with E-state index >= 15 is 0 Å². The Kier molecular flexibility index (Phi) is 7.41. The van der Waals surface area contributed by atoms with Crippen molar-refractivity contribution in [2.45, 2.75) is 18.8 Å². The van der Waals surface area contributed by atoms with Crippen molar-refractivity contribution in [3.05, 3.63) is 82.4 Å². The molecule has 4 rings (SSSR count). The predicted molar refractivity (Wildman–Crippen MR) is 124 cm³/mol. The third-order valence-electron chi connectivity index (χ3n) is 5.45. The van der Waals surface area contributed by atoms with Crippen LogP contribution in [0.2, 0.25) is 0 Å². The van der Waals surface area contributed by atoms with E-state index in [1.165, 1.54) is 9.18 Å². The molecule has 0 radical (unpaired) electrons. The number of hydrogen-bond acceptors (Lipinski definition) is 6. The minimum absolute atomic E-state index is 0.00761. The molecule has 0 aliphatic carbocycles. The van der Waals surface area contributed by atoms with Gasteiger partial charge in [-0.05, 0) is 29.1 Å². The highest BCUT2D eigenvalue weighted by Gasteiger charge is 2.29. The SMILES string of the molecule is O=C(CN(Cc1ccco1)Cc1cccs1)N1CCN(S(=O)(=O)Cc2ccccc2)CC1. The summed E-state index contributed by atoms with van der Waals surface area (Å²) in [6.45, 7) is 2.92. The highest BCUT2D eigenvalue weighted by molar-refractivity contribution is 7.88. The first kappa shape index (κ1) is 22.7. The lowest BCUT2D eigenvalue weighted by Gasteiger charge is -2.35. The monoisotopic (exact) mass is 473 g/mol. The molecule has 3 heterocycles. The van der Waals surface area contributed by atoms with E-state index in [-0.39, 0.29) is 18.2 Å². The maximum absolute atomic E-state index is 13.0. The Labute approximate surface area is 192 Å². The summed E-state index contributed by atoms with van der Waals surface area (Å²) in [6, 6.07) is 17.0. The summed E-state index contributed by atoms with van der Waals surface area (Å²) in [5, 5.41) is 2.03. The smallest absolute Gasteiger partial charge is 0.236 e. The molecule has 0 N–H and O–H groups in total. The molecule has 2 aromatic heterocycles. The average Bonchev–Trinajstić information content (AvgIpc) is 3.49. The van der Waals surface area contributed by atoms with E-state index in [1.807, 2.05) is 53.9 Å². The van der Waals surface area contributed by atoms with E-state index in [9.17, 15) is 13.2 Å². The third kappa shape index (κ3) is 6.07. The van der Waals surface area contributed by atoms with E-state index in [1.54, 1.807) is 22.5 Å². The van der Waals surface area contributed by atoms with Gasteiger partial charge in [-0.15, -0.1) is 11.3 Å². The van der Waals surface area contributed by atoms with Crippen molar-refractivity contribution in [3.8, 4) is 0 Å². The van der Waals surface area contributed by atoms with E-state index < -0.39 is 10.0 Å². The second-order valence-corrected chi connectivity index (χ2v) is 10.8. The number of nitrogens with zero attached hydrogens (tertiary/aromatic N) is 3. The summed E-state index contributed by atoms with van der Waals surface area (Å²) in [5.41, 5.74) is 0.771. The molecule has 1 aliphatic rings. The molecule has 0 saturated carbocycles. The maximum atomic E-state index is 13.0. The molecule has 9 heteroatoms. The van der Waals surface area contributed by atoms with Gasteiger partial charge in [0, 0.05) is 37.6 Å². The molecule has 3 aromatic rings. The standard InChI is InChI=1S/C23H27N3O4S2/c27-23(18-24(16-21-8-4-14-30-21)17-22-9-5-15-31-22)25-10-12-26(13-11-25)32(28,29)19-20-6-2-1-3-7-20/h1-9,14-15H,10-13,16-19H2. The largest absolute Gasteiger partial charge is 0.468 e. The molecule has 0 bridgehead atoms. The van der Waals surface area contributed by atoms with Crippen LogP contribution in [0.3, 0.4) is 0 Å². The fourth-order valence-corrected chi connectivity index (χ4v) is 6.06. The van der Waals surface area contributed by atoms with Gasteiger partial charge in [0.05, 0.1) is 25.1 Å². The first-order valence-corrected chi connectivity index (χ1v) is 13.0. The van der Waals surface area contributed by atoms with Crippen molar-refractivity contribution in [3.63, 3.8) is 0 Å². The summed E-state index contributed by atoms with van der Waals surface area (Å²) in [5.74, 6) is 0.805. The van der Waals surface area contributed by atoms with Gasteiger partial charge in [-0.1, -0.05) is 36.4 Å². The van der Waals surface area contributed by atoms with Crippen LogP contribution in [0, 0.1) is 0 Å². The molecule has 1 fully saturated rings. The Morgan fingerprint density at radius 2 is 1.75 bits per heavy atom. The van der Waals surface area contributed by atoms with Crippen LogP contribution in [0.25, 0.3) is 0 Å². The van der Waals surface area contributed by atoms with Gasteiger partial charge in [0.15, 0.2) is 0 Å². The molecule has 170 valence electrons. The van der Waals surface area contributed by atoms with E-state index in [2.05, 4.69) is 11.0 Å². The Morgan fingerprint density at radius 1 is 0.969 bits per heavy atom. The number of benzene rings is 1. The second-order valence-electron chi connectivity index (χ2n) is 7.83. The van der Waals surface area contributed by atoms with E-state index in [0.29, 0.717) is 39.3 Å². The number of rotatable bonds is 9. The number of sulfonamides is 1. The van der Waals surface area contributed by atoms with Gasteiger partial charge in [0.1, 0.15) is 5.76 Å². The number of thiophene rings is 1. The van der Waals surface area contributed by atoms with Crippen LogP contribution in [-0.4, -0.2) is 61.2 Å². The molecular formula is C23H27N3O4S2. The van der Waals surface area contributed by atoms with E-state index in [4.69, 9.17) is 4.42 Å². The van der Waals surface area contributed by atoms with Crippen LogP contribution in [-0.2, 0) is 33.7 Å². The predicted octanol–water partition coefficient (Wildman–Crippen LogP) is 3.02. The number of furan rings is 1. The van der Waals surface area contributed by atoms with Crippen molar-refractivity contribution in [2.24, 2.45) is 0 Å². The Bertz CT molecular complexity index is 1040. The number of amides is 1. The topological polar surface area (TPSA) is 74.1 Å². The van der Waals surface area contributed by atoms with Crippen molar-refractivity contribution >= 4 is 27.3 Å². The Hall–Kier alpha value is -2.46. The van der Waals surface area contributed by atoms with Gasteiger partial charge in [0.25, 0.3) is 0 Å². The third-order valence-corrected chi connectivity index (χ3v) is 8.17.